The summed E-state index contributed by atoms with van der Waals surface area (Å²) in [5, 5.41) is 2.92. The molecule has 0 saturated carbocycles. The maximum atomic E-state index is 12.3. The lowest BCUT2D eigenvalue weighted by Gasteiger charge is -2.25. The van der Waals surface area contributed by atoms with Crippen molar-refractivity contribution in [3.05, 3.63) is 53.6 Å². The number of fused-ring (bicyclic) bond motifs is 1. The predicted octanol–water partition coefficient (Wildman–Crippen LogP) is 3.06. The van der Waals surface area contributed by atoms with Crippen molar-refractivity contribution in [3.8, 4) is 11.5 Å². The van der Waals surface area contributed by atoms with E-state index in [0.717, 1.165) is 19.1 Å². The van der Waals surface area contributed by atoms with E-state index in [1.54, 1.807) is 18.2 Å². The zero-order valence-corrected chi connectivity index (χ0v) is 18.9. The van der Waals surface area contributed by atoms with Gasteiger partial charge in [0, 0.05) is 25.6 Å². The van der Waals surface area contributed by atoms with Gasteiger partial charge in [-0.3, -0.25) is 9.10 Å². The maximum absolute atomic E-state index is 12.3. The fraction of sp³-hybridized carbons (Fsp3) is 0.435. The highest BCUT2D eigenvalue weighted by Gasteiger charge is 2.21. The number of nitrogens with zero attached hydrogens (tertiary/aromatic N) is 1. The molecule has 0 aliphatic carbocycles. The number of sulfonamides is 1. The van der Waals surface area contributed by atoms with Crippen LogP contribution in [0.4, 0.5) is 5.69 Å². The van der Waals surface area contributed by atoms with Crippen molar-refractivity contribution < 1.29 is 22.7 Å². The molecule has 8 heteroatoms. The second-order valence-corrected chi connectivity index (χ2v) is 9.62. The first-order valence-electron chi connectivity index (χ1n) is 10.5. The first kappa shape index (κ1) is 22.9. The standard InChI is InChI=1S/C23H30N2O5S/c1-18-6-3-7-19(16-18)8-4-12-24-23(26)9-5-13-25(31(2,27)28)20-10-11-21-22(17-20)30-15-14-29-21/h3,6-7,10-11,16-17H,4-5,8-9,12-15H2,1-2H3,(H,24,26). The van der Waals surface area contributed by atoms with E-state index in [4.69, 9.17) is 9.47 Å². The number of carbonyl (C=O) groups excluding carboxylic acids is 1. The van der Waals surface area contributed by atoms with E-state index in [0.29, 0.717) is 43.4 Å². The molecule has 0 fully saturated rings. The van der Waals surface area contributed by atoms with E-state index in [9.17, 15) is 13.2 Å². The lowest BCUT2D eigenvalue weighted by Crippen LogP contribution is -2.32. The molecule has 0 radical (unpaired) electrons. The third-order valence-electron chi connectivity index (χ3n) is 5.03. The van der Waals surface area contributed by atoms with Crippen LogP contribution in [0.2, 0.25) is 0 Å². The average Bonchev–Trinajstić information content (AvgIpc) is 2.73. The summed E-state index contributed by atoms with van der Waals surface area (Å²) in [6.45, 7) is 3.79. The second-order valence-electron chi connectivity index (χ2n) is 7.71. The summed E-state index contributed by atoms with van der Waals surface area (Å²) in [4.78, 5) is 12.2. The first-order chi connectivity index (χ1) is 14.8. The minimum atomic E-state index is -3.49. The molecule has 3 rings (SSSR count). The molecular formula is C23H30N2O5S. The van der Waals surface area contributed by atoms with Crippen molar-refractivity contribution in [2.75, 3.05) is 36.9 Å². The zero-order valence-electron chi connectivity index (χ0n) is 18.1. The molecule has 1 N–H and O–H groups in total. The molecular weight excluding hydrogens is 416 g/mol. The van der Waals surface area contributed by atoms with Gasteiger partial charge in [-0.05, 0) is 43.9 Å². The summed E-state index contributed by atoms with van der Waals surface area (Å²) in [5.41, 5.74) is 3.00. The number of ether oxygens (including phenoxy) is 2. The van der Waals surface area contributed by atoms with Crippen LogP contribution in [0.15, 0.2) is 42.5 Å². The highest BCUT2D eigenvalue weighted by Crippen LogP contribution is 2.34. The molecule has 1 heterocycles. The van der Waals surface area contributed by atoms with E-state index < -0.39 is 10.0 Å². The van der Waals surface area contributed by atoms with Gasteiger partial charge < -0.3 is 14.8 Å². The third-order valence-corrected chi connectivity index (χ3v) is 6.22. The molecule has 1 aliphatic rings. The van der Waals surface area contributed by atoms with Crippen LogP contribution in [0.3, 0.4) is 0 Å². The summed E-state index contributed by atoms with van der Waals surface area (Å²) in [6, 6.07) is 13.4. The summed E-state index contributed by atoms with van der Waals surface area (Å²) in [5.74, 6) is 1.07. The van der Waals surface area contributed by atoms with Crippen LogP contribution >= 0.6 is 0 Å². The van der Waals surface area contributed by atoms with Gasteiger partial charge in [-0.25, -0.2) is 8.42 Å². The van der Waals surface area contributed by atoms with Gasteiger partial charge in [0.05, 0.1) is 11.9 Å². The molecule has 0 saturated heterocycles. The normalized spacial score (nSPS) is 13.0. The van der Waals surface area contributed by atoms with Gasteiger partial charge in [-0.1, -0.05) is 29.8 Å². The molecule has 7 nitrogen and oxygen atoms in total. The van der Waals surface area contributed by atoms with Gasteiger partial charge in [0.1, 0.15) is 13.2 Å². The van der Waals surface area contributed by atoms with Crippen molar-refractivity contribution in [2.45, 2.75) is 32.6 Å². The Labute approximate surface area is 184 Å². The Kier molecular flexibility index (Phi) is 7.79. The topological polar surface area (TPSA) is 84.9 Å². The molecule has 2 aromatic carbocycles. The molecule has 1 aliphatic heterocycles. The highest BCUT2D eigenvalue weighted by molar-refractivity contribution is 7.92. The summed E-state index contributed by atoms with van der Waals surface area (Å²) in [7, 11) is -3.49. The van der Waals surface area contributed by atoms with Gasteiger partial charge in [0.15, 0.2) is 11.5 Å². The number of amides is 1. The minimum Gasteiger partial charge on any atom is -0.486 e. The molecule has 31 heavy (non-hydrogen) atoms. The Morgan fingerprint density at radius 3 is 2.58 bits per heavy atom. The molecule has 168 valence electrons. The summed E-state index contributed by atoms with van der Waals surface area (Å²) in [6.07, 6.45) is 3.62. The Morgan fingerprint density at radius 1 is 1.06 bits per heavy atom. The minimum absolute atomic E-state index is 0.0696. The van der Waals surface area contributed by atoms with E-state index in [2.05, 4.69) is 30.4 Å². The number of carbonyl (C=O) groups is 1. The molecule has 0 aromatic heterocycles. The summed E-state index contributed by atoms with van der Waals surface area (Å²) >= 11 is 0. The maximum Gasteiger partial charge on any atom is 0.232 e. The Hall–Kier alpha value is -2.74. The molecule has 0 spiro atoms. The van der Waals surface area contributed by atoms with Gasteiger partial charge >= 0.3 is 0 Å². The van der Waals surface area contributed by atoms with Crippen molar-refractivity contribution >= 4 is 21.6 Å². The van der Waals surface area contributed by atoms with Crippen LogP contribution in [0, 0.1) is 6.92 Å². The Balaban J connectivity index is 1.46. The Bertz CT molecular complexity index is 1010. The fourth-order valence-corrected chi connectivity index (χ4v) is 4.49. The smallest absolute Gasteiger partial charge is 0.232 e. The number of hydrogen-bond donors (Lipinski definition) is 1. The number of aryl methyl sites for hydroxylation is 2. The highest BCUT2D eigenvalue weighted by atomic mass is 32.2. The second kappa shape index (κ2) is 10.5. The quantitative estimate of drug-likeness (QED) is 0.567. The lowest BCUT2D eigenvalue weighted by atomic mass is 10.1. The van der Waals surface area contributed by atoms with E-state index >= 15 is 0 Å². The SMILES string of the molecule is Cc1cccc(CCCNC(=O)CCCN(c2ccc3c(c2)OCCO3)S(C)(=O)=O)c1. The number of nitrogens with one attached hydrogen (secondary N) is 1. The number of benzene rings is 2. The van der Waals surface area contributed by atoms with E-state index in [-0.39, 0.29) is 18.9 Å². The number of anilines is 1. The van der Waals surface area contributed by atoms with Crippen LogP contribution in [-0.2, 0) is 21.2 Å². The van der Waals surface area contributed by atoms with Crippen molar-refractivity contribution in [2.24, 2.45) is 0 Å². The van der Waals surface area contributed by atoms with Gasteiger partial charge in [0.25, 0.3) is 0 Å². The van der Waals surface area contributed by atoms with Crippen molar-refractivity contribution in [1.29, 1.82) is 0 Å². The molecule has 0 unspecified atom stereocenters. The number of hydrogen-bond acceptors (Lipinski definition) is 5. The zero-order chi connectivity index (χ0) is 22.3. The average molecular weight is 447 g/mol. The van der Waals surface area contributed by atoms with Crippen LogP contribution in [0.5, 0.6) is 11.5 Å². The largest absolute Gasteiger partial charge is 0.486 e. The molecule has 2 aromatic rings. The fourth-order valence-electron chi connectivity index (χ4n) is 3.53. The first-order valence-corrected chi connectivity index (χ1v) is 12.4. The van der Waals surface area contributed by atoms with Crippen molar-refractivity contribution in [1.82, 2.24) is 5.32 Å². The van der Waals surface area contributed by atoms with Gasteiger partial charge in [-0.2, -0.15) is 0 Å². The van der Waals surface area contributed by atoms with Crippen LogP contribution in [0.25, 0.3) is 0 Å². The lowest BCUT2D eigenvalue weighted by molar-refractivity contribution is -0.121. The van der Waals surface area contributed by atoms with E-state index in [1.807, 2.05) is 6.07 Å². The molecule has 1 amide bonds. The van der Waals surface area contributed by atoms with Gasteiger partial charge in [-0.15, -0.1) is 0 Å². The van der Waals surface area contributed by atoms with Crippen LogP contribution < -0.4 is 19.1 Å². The Morgan fingerprint density at radius 2 is 1.84 bits per heavy atom. The summed E-state index contributed by atoms with van der Waals surface area (Å²) < 4.78 is 36.9. The van der Waals surface area contributed by atoms with Crippen LogP contribution in [0.1, 0.15) is 30.4 Å². The van der Waals surface area contributed by atoms with E-state index in [1.165, 1.54) is 15.4 Å². The molecule has 0 bridgehead atoms. The third kappa shape index (κ3) is 6.89. The van der Waals surface area contributed by atoms with Crippen LogP contribution in [-0.4, -0.2) is 46.9 Å². The monoisotopic (exact) mass is 446 g/mol. The number of rotatable bonds is 10. The predicted molar refractivity (Wildman–Crippen MR) is 121 cm³/mol. The van der Waals surface area contributed by atoms with Crippen molar-refractivity contribution in [3.63, 3.8) is 0 Å². The van der Waals surface area contributed by atoms with Gasteiger partial charge in [0.2, 0.25) is 15.9 Å². The molecule has 0 atom stereocenters.